The average molecular weight is 267 g/mol. The van der Waals surface area contributed by atoms with E-state index in [0.29, 0.717) is 6.47 Å². The van der Waals surface area contributed by atoms with E-state index in [1.807, 2.05) is 12.1 Å². The summed E-state index contributed by atoms with van der Waals surface area (Å²) >= 11 is 3.50. The molecule has 0 N–H and O–H groups in total. The molecular weight excluding hydrogens is 256 g/mol. The van der Waals surface area contributed by atoms with Crippen LogP contribution in [0, 0.1) is 0 Å². The van der Waals surface area contributed by atoms with Gasteiger partial charge in [-0.25, -0.2) is 0 Å². The second kappa shape index (κ2) is 6.19. The summed E-state index contributed by atoms with van der Waals surface area (Å²) in [7, 11) is 1.31. The Morgan fingerprint density at radius 1 is 1.13 bits per heavy atom. The fourth-order valence-corrected chi connectivity index (χ4v) is 1.70. The highest BCUT2D eigenvalue weighted by atomic mass is 79.9. The van der Waals surface area contributed by atoms with Crippen molar-refractivity contribution in [1.29, 1.82) is 0 Å². The van der Waals surface area contributed by atoms with Crippen molar-refractivity contribution in [3.63, 3.8) is 0 Å². The van der Waals surface area contributed by atoms with Gasteiger partial charge in [0.25, 0.3) is 6.47 Å². The van der Waals surface area contributed by atoms with Gasteiger partial charge < -0.3 is 4.74 Å². The summed E-state index contributed by atoms with van der Waals surface area (Å²) in [6.45, 7) is 0.375. The SMILES string of the molecule is Brc1cccc2ccccc12.COC=O. The van der Waals surface area contributed by atoms with Crippen molar-refractivity contribution in [1.82, 2.24) is 0 Å². The quantitative estimate of drug-likeness (QED) is 0.740. The van der Waals surface area contributed by atoms with Gasteiger partial charge in [-0.3, -0.25) is 4.79 Å². The highest BCUT2D eigenvalue weighted by Gasteiger charge is 1.93. The summed E-state index contributed by atoms with van der Waals surface area (Å²) in [6, 6.07) is 14.5. The van der Waals surface area contributed by atoms with Gasteiger partial charge in [0.2, 0.25) is 0 Å². The van der Waals surface area contributed by atoms with Crippen molar-refractivity contribution in [2.24, 2.45) is 0 Å². The number of carbonyl (C=O) groups is 1. The fourth-order valence-electron chi connectivity index (χ4n) is 1.19. The van der Waals surface area contributed by atoms with E-state index in [-0.39, 0.29) is 0 Å². The molecule has 0 fully saturated rings. The van der Waals surface area contributed by atoms with E-state index in [1.54, 1.807) is 0 Å². The van der Waals surface area contributed by atoms with Crippen LogP contribution < -0.4 is 0 Å². The number of ether oxygens (including phenoxy) is 1. The summed E-state index contributed by atoms with van der Waals surface area (Å²) < 4.78 is 5.02. The lowest BCUT2D eigenvalue weighted by Crippen LogP contribution is -1.71. The zero-order chi connectivity index (χ0) is 11.1. The first-order valence-electron chi connectivity index (χ1n) is 4.39. The maximum atomic E-state index is 8.95. The molecule has 0 saturated heterocycles. The van der Waals surface area contributed by atoms with Crippen molar-refractivity contribution in [2.45, 2.75) is 0 Å². The van der Waals surface area contributed by atoms with E-state index < -0.39 is 0 Å². The van der Waals surface area contributed by atoms with Crippen LogP contribution in [0.3, 0.4) is 0 Å². The first-order chi connectivity index (χ1) is 7.29. The number of rotatable bonds is 1. The molecule has 0 atom stereocenters. The van der Waals surface area contributed by atoms with Gasteiger partial charge in [-0.2, -0.15) is 0 Å². The molecule has 0 aromatic heterocycles. The molecule has 0 unspecified atom stereocenters. The average Bonchev–Trinajstić information content (AvgIpc) is 2.30. The van der Waals surface area contributed by atoms with Crippen molar-refractivity contribution >= 4 is 33.2 Å². The zero-order valence-electron chi connectivity index (χ0n) is 8.31. The maximum Gasteiger partial charge on any atom is 0.292 e. The molecular formula is C12H11BrO2. The molecule has 2 nitrogen and oxygen atoms in total. The number of benzene rings is 2. The van der Waals surface area contributed by atoms with Gasteiger partial charge in [0.05, 0.1) is 7.11 Å². The monoisotopic (exact) mass is 266 g/mol. The van der Waals surface area contributed by atoms with Gasteiger partial charge in [0.1, 0.15) is 0 Å². The summed E-state index contributed by atoms with van der Waals surface area (Å²) in [6.07, 6.45) is 0. The van der Waals surface area contributed by atoms with E-state index in [1.165, 1.54) is 17.9 Å². The molecule has 0 heterocycles. The number of methoxy groups -OCH3 is 1. The molecule has 0 aliphatic rings. The highest BCUT2D eigenvalue weighted by molar-refractivity contribution is 9.10. The predicted molar refractivity (Wildman–Crippen MR) is 64.7 cm³/mol. The predicted octanol–water partition coefficient (Wildman–Crippen LogP) is 3.39. The van der Waals surface area contributed by atoms with Crippen LogP contribution in [0.2, 0.25) is 0 Å². The minimum absolute atomic E-state index is 0.375. The van der Waals surface area contributed by atoms with Crippen LogP contribution in [0.25, 0.3) is 10.8 Å². The Balaban J connectivity index is 0.000000245. The molecule has 2 rings (SSSR count). The van der Waals surface area contributed by atoms with Crippen LogP contribution >= 0.6 is 15.9 Å². The van der Waals surface area contributed by atoms with Gasteiger partial charge in [0.15, 0.2) is 0 Å². The molecule has 0 radical (unpaired) electrons. The Hall–Kier alpha value is -1.35. The number of carbonyl (C=O) groups excluding carboxylic acids is 1. The van der Waals surface area contributed by atoms with Crippen molar-refractivity contribution < 1.29 is 9.53 Å². The van der Waals surface area contributed by atoms with Crippen LogP contribution in [0.1, 0.15) is 0 Å². The molecule has 2 aromatic rings. The minimum Gasteiger partial charge on any atom is -0.471 e. The molecule has 0 saturated carbocycles. The second-order valence-corrected chi connectivity index (χ2v) is 3.65. The van der Waals surface area contributed by atoms with Gasteiger partial charge in [-0.1, -0.05) is 52.3 Å². The Labute approximate surface area is 97.0 Å². The topological polar surface area (TPSA) is 26.3 Å². The van der Waals surface area contributed by atoms with Crippen LogP contribution in [0.5, 0.6) is 0 Å². The number of hydrogen-bond acceptors (Lipinski definition) is 2. The molecule has 2 aromatic carbocycles. The first kappa shape index (κ1) is 11.7. The van der Waals surface area contributed by atoms with E-state index >= 15 is 0 Å². The van der Waals surface area contributed by atoms with Crippen LogP contribution in [0.4, 0.5) is 0 Å². The third-order valence-electron chi connectivity index (χ3n) is 1.83. The first-order valence-corrected chi connectivity index (χ1v) is 5.18. The molecule has 0 aliphatic carbocycles. The summed E-state index contributed by atoms with van der Waals surface area (Å²) in [5.74, 6) is 0. The zero-order valence-corrected chi connectivity index (χ0v) is 9.90. The second-order valence-electron chi connectivity index (χ2n) is 2.79. The number of hydrogen-bond donors (Lipinski definition) is 0. The van der Waals surface area contributed by atoms with Crippen LogP contribution in [0.15, 0.2) is 46.9 Å². The van der Waals surface area contributed by atoms with Crippen LogP contribution in [-0.2, 0) is 9.53 Å². The highest BCUT2D eigenvalue weighted by Crippen LogP contribution is 2.22. The van der Waals surface area contributed by atoms with Gasteiger partial charge >= 0.3 is 0 Å². The van der Waals surface area contributed by atoms with E-state index in [4.69, 9.17) is 4.79 Å². The standard InChI is InChI=1S/C10H7Br.C2H4O2/c11-10-7-3-5-8-4-1-2-6-9(8)10;1-4-2-3/h1-7H;2H,1H3. The Morgan fingerprint density at radius 2 is 1.73 bits per heavy atom. The Bertz CT molecular complexity index is 435. The Morgan fingerprint density at radius 3 is 2.33 bits per heavy atom. The normalized spacial score (nSPS) is 8.93. The van der Waals surface area contributed by atoms with E-state index in [2.05, 4.69) is 51.0 Å². The summed E-state index contributed by atoms with van der Waals surface area (Å²) in [4.78, 5) is 8.95. The number of fused-ring (bicyclic) bond motifs is 1. The third-order valence-corrected chi connectivity index (χ3v) is 2.52. The van der Waals surface area contributed by atoms with Crippen LogP contribution in [-0.4, -0.2) is 13.6 Å². The fraction of sp³-hybridized carbons (Fsp3) is 0.0833. The summed E-state index contributed by atoms with van der Waals surface area (Å²) in [5, 5.41) is 2.55. The van der Waals surface area contributed by atoms with E-state index in [0.717, 1.165) is 4.47 Å². The Kier molecular flexibility index (Phi) is 4.84. The van der Waals surface area contributed by atoms with Gasteiger partial charge in [-0.05, 0) is 16.8 Å². The van der Waals surface area contributed by atoms with Crippen molar-refractivity contribution in [3.05, 3.63) is 46.9 Å². The molecule has 0 spiro atoms. The minimum atomic E-state index is 0.375. The molecule has 3 heteroatoms. The molecule has 0 amide bonds. The summed E-state index contributed by atoms with van der Waals surface area (Å²) in [5.41, 5.74) is 0. The molecule has 78 valence electrons. The maximum absolute atomic E-state index is 8.95. The van der Waals surface area contributed by atoms with E-state index in [9.17, 15) is 0 Å². The smallest absolute Gasteiger partial charge is 0.292 e. The molecule has 0 bridgehead atoms. The van der Waals surface area contributed by atoms with Crippen molar-refractivity contribution in [2.75, 3.05) is 7.11 Å². The lowest BCUT2D eigenvalue weighted by molar-refractivity contribution is -0.126. The lowest BCUT2D eigenvalue weighted by atomic mass is 10.1. The number of halogens is 1. The molecule has 0 aliphatic heterocycles. The van der Waals surface area contributed by atoms with Crippen molar-refractivity contribution in [3.8, 4) is 0 Å². The lowest BCUT2D eigenvalue weighted by Gasteiger charge is -1.97. The van der Waals surface area contributed by atoms with Gasteiger partial charge in [0, 0.05) is 4.47 Å². The molecule has 15 heavy (non-hydrogen) atoms. The largest absolute Gasteiger partial charge is 0.471 e. The third kappa shape index (κ3) is 3.36. The van der Waals surface area contributed by atoms with Gasteiger partial charge in [-0.15, -0.1) is 0 Å².